The van der Waals surface area contributed by atoms with Gasteiger partial charge in [-0.15, -0.1) is 0 Å². The molecule has 1 saturated carbocycles. The van der Waals surface area contributed by atoms with Gasteiger partial charge in [0.05, 0.1) is 6.07 Å². The van der Waals surface area contributed by atoms with Gasteiger partial charge in [0.2, 0.25) is 0 Å². The van der Waals surface area contributed by atoms with Crippen LogP contribution in [0.25, 0.3) is 0 Å². The van der Waals surface area contributed by atoms with E-state index in [2.05, 4.69) is 6.07 Å². The van der Waals surface area contributed by atoms with Gasteiger partial charge in [0.1, 0.15) is 5.54 Å². The first-order chi connectivity index (χ1) is 7.64. The number of nitrogens with zero attached hydrogens (tertiary/aromatic N) is 1. The maximum absolute atomic E-state index is 8.74. The third-order valence-corrected chi connectivity index (χ3v) is 3.32. The predicted octanol–water partition coefficient (Wildman–Crippen LogP) is 2.60. The monoisotopic (exact) mass is 224 g/mol. The molecule has 0 radical (unpaired) electrons. The van der Waals surface area contributed by atoms with Crippen molar-refractivity contribution in [1.82, 2.24) is 0 Å². The molecule has 1 aliphatic carbocycles. The molecule has 0 heterocycles. The van der Waals surface area contributed by atoms with Crippen molar-refractivity contribution < 1.29 is 4.74 Å². The van der Waals surface area contributed by atoms with Gasteiger partial charge >= 0.3 is 0 Å². The van der Waals surface area contributed by atoms with Crippen molar-refractivity contribution in [3.05, 3.63) is 0 Å². The summed E-state index contributed by atoms with van der Waals surface area (Å²) in [7, 11) is 0. The Morgan fingerprint density at radius 2 is 2.06 bits per heavy atom. The van der Waals surface area contributed by atoms with Crippen LogP contribution in [-0.2, 0) is 4.74 Å². The van der Waals surface area contributed by atoms with Crippen LogP contribution in [-0.4, -0.2) is 18.8 Å². The molecule has 16 heavy (non-hydrogen) atoms. The summed E-state index contributed by atoms with van der Waals surface area (Å²) in [5.74, 6) is 0.772. The summed E-state index contributed by atoms with van der Waals surface area (Å²) < 4.78 is 5.65. The SMILES string of the molecule is CC(N)(C#N)CCCOCC1CCCCC1. The highest BCUT2D eigenvalue weighted by Crippen LogP contribution is 2.23. The highest BCUT2D eigenvalue weighted by molar-refractivity contribution is 5.00. The molecule has 0 saturated heterocycles. The minimum atomic E-state index is -0.686. The number of hydrogen-bond donors (Lipinski definition) is 1. The second-order valence-electron chi connectivity index (χ2n) is 5.21. The summed E-state index contributed by atoms with van der Waals surface area (Å²) in [5, 5.41) is 8.74. The fraction of sp³-hybridized carbons (Fsp3) is 0.923. The van der Waals surface area contributed by atoms with Gasteiger partial charge in [-0.1, -0.05) is 19.3 Å². The van der Waals surface area contributed by atoms with E-state index in [0.29, 0.717) is 6.42 Å². The van der Waals surface area contributed by atoms with Crippen LogP contribution in [0, 0.1) is 17.2 Å². The van der Waals surface area contributed by atoms with E-state index in [0.717, 1.165) is 25.6 Å². The second-order valence-corrected chi connectivity index (χ2v) is 5.21. The first-order valence-electron chi connectivity index (χ1n) is 6.42. The maximum Gasteiger partial charge on any atom is 0.101 e. The summed E-state index contributed by atoms with van der Waals surface area (Å²) in [5.41, 5.74) is 5.04. The van der Waals surface area contributed by atoms with E-state index >= 15 is 0 Å². The lowest BCUT2D eigenvalue weighted by Crippen LogP contribution is -2.34. The summed E-state index contributed by atoms with van der Waals surface area (Å²) >= 11 is 0. The molecule has 92 valence electrons. The molecule has 0 aromatic rings. The van der Waals surface area contributed by atoms with E-state index in [1.165, 1.54) is 32.1 Å². The third-order valence-electron chi connectivity index (χ3n) is 3.32. The molecule has 0 bridgehead atoms. The Balaban J connectivity index is 1.97. The molecule has 1 rings (SSSR count). The fourth-order valence-corrected chi connectivity index (χ4v) is 2.20. The van der Waals surface area contributed by atoms with Crippen molar-refractivity contribution >= 4 is 0 Å². The van der Waals surface area contributed by atoms with Gasteiger partial charge in [-0.2, -0.15) is 5.26 Å². The topological polar surface area (TPSA) is 59.0 Å². The zero-order valence-electron chi connectivity index (χ0n) is 10.4. The van der Waals surface area contributed by atoms with Crippen LogP contribution >= 0.6 is 0 Å². The third kappa shape index (κ3) is 5.48. The van der Waals surface area contributed by atoms with E-state index in [9.17, 15) is 0 Å². The van der Waals surface area contributed by atoms with Crippen molar-refractivity contribution in [3.8, 4) is 6.07 Å². The van der Waals surface area contributed by atoms with E-state index in [-0.39, 0.29) is 0 Å². The maximum atomic E-state index is 8.74. The number of hydrogen-bond acceptors (Lipinski definition) is 3. The van der Waals surface area contributed by atoms with Gasteiger partial charge in [0.25, 0.3) is 0 Å². The zero-order chi connectivity index (χ0) is 11.9. The highest BCUT2D eigenvalue weighted by Gasteiger charge is 2.17. The average molecular weight is 224 g/mol. The molecule has 0 aromatic heterocycles. The molecule has 0 aromatic carbocycles. The number of nitrogens with two attached hydrogens (primary N) is 1. The normalized spacial score (nSPS) is 21.3. The van der Waals surface area contributed by atoms with Crippen LogP contribution in [0.1, 0.15) is 51.9 Å². The van der Waals surface area contributed by atoms with Crippen molar-refractivity contribution in [2.75, 3.05) is 13.2 Å². The fourth-order valence-electron chi connectivity index (χ4n) is 2.20. The molecule has 3 nitrogen and oxygen atoms in total. The Bertz CT molecular complexity index is 227. The molecule has 0 spiro atoms. The highest BCUT2D eigenvalue weighted by atomic mass is 16.5. The van der Waals surface area contributed by atoms with Crippen molar-refractivity contribution in [1.29, 1.82) is 5.26 Å². The minimum Gasteiger partial charge on any atom is -0.381 e. The van der Waals surface area contributed by atoms with Crippen LogP contribution in [0.15, 0.2) is 0 Å². The van der Waals surface area contributed by atoms with Crippen LogP contribution in [0.2, 0.25) is 0 Å². The van der Waals surface area contributed by atoms with Crippen LogP contribution in [0.3, 0.4) is 0 Å². The molecular formula is C13H24N2O. The Morgan fingerprint density at radius 1 is 1.38 bits per heavy atom. The summed E-state index contributed by atoms with van der Waals surface area (Å²) in [6, 6.07) is 2.10. The summed E-state index contributed by atoms with van der Waals surface area (Å²) in [6.45, 7) is 3.41. The molecule has 0 amide bonds. The Hall–Kier alpha value is -0.590. The van der Waals surface area contributed by atoms with Gasteiger partial charge in [-0.05, 0) is 38.5 Å². The lowest BCUT2D eigenvalue weighted by molar-refractivity contribution is 0.0811. The van der Waals surface area contributed by atoms with Gasteiger partial charge in [-0.3, -0.25) is 0 Å². The largest absolute Gasteiger partial charge is 0.381 e. The summed E-state index contributed by atoms with van der Waals surface area (Å²) in [4.78, 5) is 0. The Morgan fingerprint density at radius 3 is 2.69 bits per heavy atom. The Labute approximate surface area is 99.0 Å². The van der Waals surface area contributed by atoms with Crippen LogP contribution < -0.4 is 5.73 Å². The molecule has 1 unspecified atom stereocenters. The van der Waals surface area contributed by atoms with Crippen LogP contribution in [0.5, 0.6) is 0 Å². The first-order valence-corrected chi connectivity index (χ1v) is 6.42. The lowest BCUT2D eigenvalue weighted by Gasteiger charge is -2.21. The molecule has 3 heteroatoms. The number of nitriles is 1. The van der Waals surface area contributed by atoms with Crippen molar-refractivity contribution in [3.63, 3.8) is 0 Å². The van der Waals surface area contributed by atoms with Gasteiger partial charge in [-0.25, -0.2) is 0 Å². The average Bonchev–Trinajstić information content (AvgIpc) is 2.30. The minimum absolute atomic E-state index is 0.686. The van der Waals surface area contributed by atoms with Crippen molar-refractivity contribution in [2.24, 2.45) is 11.7 Å². The van der Waals surface area contributed by atoms with Crippen molar-refractivity contribution in [2.45, 2.75) is 57.4 Å². The molecular weight excluding hydrogens is 200 g/mol. The van der Waals surface area contributed by atoms with E-state index in [4.69, 9.17) is 15.7 Å². The number of ether oxygens (including phenoxy) is 1. The smallest absolute Gasteiger partial charge is 0.101 e. The Kier molecular flexibility index (Phi) is 5.79. The van der Waals surface area contributed by atoms with Crippen LogP contribution in [0.4, 0.5) is 0 Å². The molecule has 2 N–H and O–H groups in total. The molecule has 0 aliphatic heterocycles. The van der Waals surface area contributed by atoms with Gasteiger partial charge in [0, 0.05) is 13.2 Å². The molecule has 1 fully saturated rings. The molecule has 1 aliphatic rings. The predicted molar refractivity (Wildman–Crippen MR) is 64.8 cm³/mol. The van der Waals surface area contributed by atoms with E-state index < -0.39 is 5.54 Å². The summed E-state index contributed by atoms with van der Waals surface area (Å²) in [6.07, 6.45) is 8.37. The zero-order valence-corrected chi connectivity index (χ0v) is 10.4. The lowest BCUT2D eigenvalue weighted by atomic mass is 9.90. The van der Waals surface area contributed by atoms with E-state index in [1.54, 1.807) is 6.92 Å². The first kappa shape index (κ1) is 13.5. The van der Waals surface area contributed by atoms with Gasteiger partial charge < -0.3 is 10.5 Å². The quantitative estimate of drug-likeness (QED) is 0.705. The standard InChI is InChI=1S/C13H24N2O/c1-13(15,11-14)8-5-9-16-10-12-6-3-2-4-7-12/h12H,2-10,15H2,1H3. The molecule has 1 atom stereocenters. The second kappa shape index (κ2) is 6.88. The van der Waals surface area contributed by atoms with E-state index in [1.807, 2.05) is 0 Å². The number of rotatable bonds is 6. The van der Waals surface area contributed by atoms with Gasteiger partial charge in [0.15, 0.2) is 0 Å².